The standard InChI is InChI=1S/C18H26N2O2.ClH/c1-20(17-11-15-7-8-16(12-17)19-15)18(21)9-10-22-13-14-5-3-2-4-6-14;/h2-6,15-17,19H,7-13H2,1H3;1H. The van der Waals surface area contributed by atoms with E-state index in [9.17, 15) is 4.79 Å². The highest BCUT2D eigenvalue weighted by atomic mass is 35.5. The first kappa shape index (κ1) is 18.2. The summed E-state index contributed by atoms with van der Waals surface area (Å²) in [5.74, 6) is 0.208. The smallest absolute Gasteiger partial charge is 0.224 e. The SMILES string of the molecule is CN(C(=O)CCOCc1ccccc1)C1CC2CCC(C1)N2.Cl. The van der Waals surface area contributed by atoms with Crippen LogP contribution in [-0.4, -0.2) is 42.6 Å². The van der Waals surface area contributed by atoms with E-state index in [-0.39, 0.29) is 18.3 Å². The summed E-state index contributed by atoms with van der Waals surface area (Å²) in [5.41, 5.74) is 1.15. The lowest BCUT2D eigenvalue weighted by Gasteiger charge is -2.35. The van der Waals surface area contributed by atoms with Crippen molar-refractivity contribution in [2.75, 3.05) is 13.7 Å². The molecular formula is C18H27ClN2O2. The molecule has 1 aromatic rings. The van der Waals surface area contributed by atoms with Gasteiger partial charge in [0.2, 0.25) is 5.91 Å². The number of amides is 1. The first-order valence-electron chi connectivity index (χ1n) is 8.36. The Hall–Kier alpha value is -1.10. The van der Waals surface area contributed by atoms with Crippen molar-refractivity contribution in [3.05, 3.63) is 35.9 Å². The number of nitrogens with one attached hydrogen (secondary N) is 1. The molecule has 2 heterocycles. The van der Waals surface area contributed by atoms with Crippen LogP contribution in [0.5, 0.6) is 0 Å². The zero-order valence-corrected chi connectivity index (χ0v) is 14.6. The molecule has 0 aromatic heterocycles. The Kier molecular flexibility index (Phi) is 6.88. The van der Waals surface area contributed by atoms with Crippen LogP contribution in [0, 0.1) is 0 Å². The number of carbonyl (C=O) groups is 1. The molecular weight excluding hydrogens is 312 g/mol. The zero-order valence-electron chi connectivity index (χ0n) is 13.7. The minimum Gasteiger partial charge on any atom is -0.376 e. The summed E-state index contributed by atoms with van der Waals surface area (Å²) in [7, 11) is 1.95. The first-order valence-corrected chi connectivity index (χ1v) is 8.36. The van der Waals surface area contributed by atoms with Crippen molar-refractivity contribution >= 4 is 18.3 Å². The highest BCUT2D eigenvalue weighted by Gasteiger charge is 2.36. The monoisotopic (exact) mass is 338 g/mol. The van der Waals surface area contributed by atoms with Gasteiger partial charge in [0.1, 0.15) is 0 Å². The van der Waals surface area contributed by atoms with Crippen LogP contribution in [-0.2, 0) is 16.1 Å². The zero-order chi connectivity index (χ0) is 15.4. The van der Waals surface area contributed by atoms with E-state index in [4.69, 9.17) is 4.74 Å². The molecule has 5 heteroatoms. The number of nitrogens with zero attached hydrogens (tertiary/aromatic N) is 1. The number of fused-ring (bicyclic) bond motifs is 2. The lowest BCUT2D eigenvalue weighted by Crippen LogP contribution is -2.48. The molecule has 1 N–H and O–H groups in total. The molecule has 1 aromatic carbocycles. The molecule has 3 rings (SSSR count). The normalized spacial score (nSPS) is 25.7. The molecule has 2 unspecified atom stereocenters. The van der Waals surface area contributed by atoms with Gasteiger partial charge in [-0.15, -0.1) is 12.4 Å². The molecule has 2 bridgehead atoms. The van der Waals surface area contributed by atoms with Crippen LogP contribution in [0.1, 0.15) is 37.7 Å². The molecule has 2 aliphatic rings. The van der Waals surface area contributed by atoms with Crippen molar-refractivity contribution < 1.29 is 9.53 Å². The lowest BCUT2D eigenvalue weighted by atomic mass is 9.98. The highest BCUT2D eigenvalue weighted by molar-refractivity contribution is 5.85. The molecule has 0 radical (unpaired) electrons. The number of ether oxygens (including phenoxy) is 1. The van der Waals surface area contributed by atoms with Gasteiger partial charge in [0.05, 0.1) is 19.6 Å². The Balaban J connectivity index is 0.00000192. The Morgan fingerprint density at radius 2 is 1.87 bits per heavy atom. The number of hydrogen-bond acceptors (Lipinski definition) is 3. The fraction of sp³-hybridized carbons (Fsp3) is 0.611. The van der Waals surface area contributed by atoms with Gasteiger partial charge >= 0.3 is 0 Å². The molecule has 4 nitrogen and oxygen atoms in total. The molecule has 128 valence electrons. The maximum atomic E-state index is 12.3. The van der Waals surface area contributed by atoms with E-state index in [1.807, 2.05) is 42.3 Å². The minimum absolute atomic E-state index is 0. The number of halogens is 1. The maximum Gasteiger partial charge on any atom is 0.224 e. The van der Waals surface area contributed by atoms with Crippen LogP contribution in [0.15, 0.2) is 30.3 Å². The molecule has 2 fully saturated rings. The lowest BCUT2D eigenvalue weighted by molar-refractivity contribution is -0.133. The van der Waals surface area contributed by atoms with Crippen molar-refractivity contribution in [3.8, 4) is 0 Å². The predicted molar refractivity (Wildman–Crippen MR) is 93.7 cm³/mol. The van der Waals surface area contributed by atoms with Crippen molar-refractivity contribution in [2.24, 2.45) is 0 Å². The Morgan fingerprint density at radius 3 is 2.52 bits per heavy atom. The molecule has 0 saturated carbocycles. The average molecular weight is 339 g/mol. The van der Waals surface area contributed by atoms with E-state index in [1.54, 1.807) is 0 Å². The molecule has 23 heavy (non-hydrogen) atoms. The van der Waals surface area contributed by atoms with Crippen LogP contribution < -0.4 is 5.32 Å². The molecule has 0 spiro atoms. The summed E-state index contributed by atoms with van der Waals surface area (Å²) in [6.07, 6.45) is 5.21. The molecule has 0 aliphatic carbocycles. The van der Waals surface area contributed by atoms with E-state index in [0.29, 0.717) is 37.8 Å². The van der Waals surface area contributed by atoms with Gasteiger partial charge in [-0.3, -0.25) is 4.79 Å². The van der Waals surface area contributed by atoms with Gasteiger partial charge in [0, 0.05) is 25.2 Å². The van der Waals surface area contributed by atoms with Crippen molar-refractivity contribution in [1.29, 1.82) is 0 Å². The van der Waals surface area contributed by atoms with E-state index < -0.39 is 0 Å². The molecule has 2 atom stereocenters. The van der Waals surface area contributed by atoms with E-state index >= 15 is 0 Å². The third-order valence-electron chi connectivity index (χ3n) is 4.96. The second-order valence-corrected chi connectivity index (χ2v) is 6.56. The van der Waals surface area contributed by atoms with Crippen LogP contribution >= 0.6 is 12.4 Å². The summed E-state index contributed by atoms with van der Waals surface area (Å²) < 4.78 is 5.62. The predicted octanol–water partition coefficient (Wildman–Crippen LogP) is 2.76. The van der Waals surface area contributed by atoms with Gasteiger partial charge in [0.15, 0.2) is 0 Å². The van der Waals surface area contributed by atoms with Gasteiger partial charge in [-0.05, 0) is 31.2 Å². The third kappa shape index (κ3) is 4.93. The average Bonchev–Trinajstić information content (AvgIpc) is 2.89. The maximum absolute atomic E-state index is 12.3. The molecule has 2 aliphatic heterocycles. The number of hydrogen-bond donors (Lipinski definition) is 1. The van der Waals surface area contributed by atoms with E-state index in [0.717, 1.165) is 18.4 Å². The van der Waals surface area contributed by atoms with Gasteiger partial charge in [-0.1, -0.05) is 30.3 Å². The van der Waals surface area contributed by atoms with Crippen molar-refractivity contribution in [2.45, 2.75) is 56.8 Å². The van der Waals surface area contributed by atoms with Crippen LogP contribution in [0.2, 0.25) is 0 Å². The summed E-state index contributed by atoms with van der Waals surface area (Å²) in [5, 5.41) is 3.62. The second kappa shape index (κ2) is 8.67. The number of rotatable bonds is 6. The van der Waals surface area contributed by atoms with Crippen molar-refractivity contribution in [3.63, 3.8) is 0 Å². The number of carbonyl (C=O) groups excluding carboxylic acids is 1. The van der Waals surface area contributed by atoms with Gasteiger partial charge in [0.25, 0.3) is 0 Å². The highest BCUT2D eigenvalue weighted by Crippen LogP contribution is 2.29. The summed E-state index contributed by atoms with van der Waals surface area (Å²) in [6, 6.07) is 11.7. The Bertz CT molecular complexity index is 485. The second-order valence-electron chi connectivity index (χ2n) is 6.56. The van der Waals surface area contributed by atoms with E-state index in [1.165, 1.54) is 12.8 Å². The van der Waals surface area contributed by atoms with Crippen molar-refractivity contribution in [1.82, 2.24) is 10.2 Å². The van der Waals surface area contributed by atoms with Gasteiger partial charge in [-0.2, -0.15) is 0 Å². The van der Waals surface area contributed by atoms with E-state index in [2.05, 4.69) is 5.32 Å². The fourth-order valence-electron chi connectivity index (χ4n) is 3.65. The number of benzene rings is 1. The third-order valence-corrected chi connectivity index (χ3v) is 4.96. The largest absolute Gasteiger partial charge is 0.376 e. The topological polar surface area (TPSA) is 41.6 Å². The van der Waals surface area contributed by atoms with Crippen LogP contribution in [0.3, 0.4) is 0 Å². The summed E-state index contributed by atoms with van der Waals surface area (Å²) in [6.45, 7) is 1.07. The number of piperidine rings is 1. The Morgan fingerprint density at radius 1 is 1.22 bits per heavy atom. The quantitative estimate of drug-likeness (QED) is 0.811. The summed E-state index contributed by atoms with van der Waals surface area (Å²) >= 11 is 0. The fourth-order valence-corrected chi connectivity index (χ4v) is 3.65. The molecule has 2 saturated heterocycles. The van der Waals surface area contributed by atoms with Gasteiger partial charge in [-0.25, -0.2) is 0 Å². The summed E-state index contributed by atoms with van der Waals surface area (Å²) in [4.78, 5) is 14.3. The molecule has 1 amide bonds. The first-order chi connectivity index (χ1) is 10.7. The Labute approximate surface area is 145 Å². The van der Waals surface area contributed by atoms with Crippen LogP contribution in [0.25, 0.3) is 0 Å². The minimum atomic E-state index is 0. The van der Waals surface area contributed by atoms with Crippen LogP contribution in [0.4, 0.5) is 0 Å². The van der Waals surface area contributed by atoms with Gasteiger partial charge < -0.3 is 15.0 Å².